The third-order valence-corrected chi connectivity index (χ3v) is 6.91. The molecule has 1 heterocycles. The standard InChI is InChI=1S/C29H25ClN6O2/c1-19-7-5-6-10-23(19)34-29(32-18-31)35-15-16-36(24(17-35)20-8-3-2-4-9-20)26-25(27(37)28(26)38)33-22-13-11-21(30)12-14-22/h2-14,24,33H,15-17H2,1H3,(H,32,34). The van der Waals surface area contributed by atoms with Gasteiger partial charge in [0.05, 0.1) is 11.7 Å². The molecule has 8 nitrogen and oxygen atoms in total. The van der Waals surface area contributed by atoms with E-state index in [0.29, 0.717) is 42.0 Å². The number of nitrogens with zero attached hydrogens (tertiary/aromatic N) is 4. The number of aryl methyl sites for hydroxylation is 1. The zero-order valence-corrected chi connectivity index (χ0v) is 21.4. The quantitative estimate of drug-likeness (QED) is 0.129. The third kappa shape index (κ3) is 4.97. The number of piperazine rings is 1. The van der Waals surface area contributed by atoms with Crippen molar-refractivity contribution >= 4 is 40.3 Å². The lowest BCUT2D eigenvalue weighted by Crippen LogP contribution is -2.56. The van der Waals surface area contributed by atoms with E-state index in [1.807, 2.05) is 77.5 Å². The fourth-order valence-corrected chi connectivity index (χ4v) is 4.81. The van der Waals surface area contributed by atoms with Crippen LogP contribution in [0.3, 0.4) is 0 Å². The van der Waals surface area contributed by atoms with Crippen molar-refractivity contribution in [3.8, 4) is 6.19 Å². The van der Waals surface area contributed by atoms with Crippen LogP contribution in [0.1, 0.15) is 17.2 Å². The van der Waals surface area contributed by atoms with Crippen molar-refractivity contribution in [3.05, 3.63) is 115 Å². The Morgan fingerprint density at radius 2 is 1.68 bits per heavy atom. The summed E-state index contributed by atoms with van der Waals surface area (Å²) in [7, 11) is 0. The molecule has 1 aliphatic heterocycles. The van der Waals surface area contributed by atoms with Gasteiger partial charge in [0.15, 0.2) is 6.19 Å². The lowest BCUT2D eigenvalue weighted by molar-refractivity contribution is 0.324. The van der Waals surface area contributed by atoms with Crippen molar-refractivity contribution in [1.29, 1.82) is 5.26 Å². The minimum Gasteiger partial charge on any atom is -0.356 e. The molecule has 1 saturated heterocycles. The molecule has 5 rings (SSSR count). The van der Waals surface area contributed by atoms with E-state index in [1.54, 1.807) is 24.3 Å². The number of para-hydroxylation sites is 1. The van der Waals surface area contributed by atoms with Crippen LogP contribution in [0.2, 0.25) is 5.02 Å². The van der Waals surface area contributed by atoms with Gasteiger partial charge >= 0.3 is 0 Å². The van der Waals surface area contributed by atoms with Gasteiger partial charge in [-0.15, -0.1) is 0 Å². The maximum Gasteiger partial charge on any atom is 0.253 e. The van der Waals surface area contributed by atoms with Crippen molar-refractivity contribution in [2.75, 3.05) is 29.9 Å². The fourth-order valence-electron chi connectivity index (χ4n) is 4.68. The lowest BCUT2D eigenvalue weighted by atomic mass is 9.99. The van der Waals surface area contributed by atoms with Crippen LogP contribution in [0.15, 0.2) is 93.4 Å². The first-order chi connectivity index (χ1) is 18.5. The van der Waals surface area contributed by atoms with E-state index in [4.69, 9.17) is 16.6 Å². The van der Waals surface area contributed by atoms with Crippen molar-refractivity contribution < 1.29 is 0 Å². The summed E-state index contributed by atoms with van der Waals surface area (Å²) >= 11 is 6.00. The predicted molar refractivity (Wildman–Crippen MR) is 151 cm³/mol. The molecule has 1 aliphatic rings. The number of rotatable bonds is 5. The molecular weight excluding hydrogens is 500 g/mol. The van der Waals surface area contributed by atoms with Gasteiger partial charge in [-0.2, -0.15) is 5.26 Å². The van der Waals surface area contributed by atoms with Crippen LogP contribution in [0.4, 0.5) is 22.7 Å². The molecule has 0 saturated carbocycles. The van der Waals surface area contributed by atoms with E-state index in [0.717, 1.165) is 16.8 Å². The Labute approximate surface area is 225 Å². The fraction of sp³-hybridized carbons (Fsp3) is 0.172. The zero-order valence-electron chi connectivity index (χ0n) is 20.7. The van der Waals surface area contributed by atoms with Gasteiger partial charge in [-0.05, 0) is 48.4 Å². The van der Waals surface area contributed by atoms with Gasteiger partial charge in [0.2, 0.25) is 5.96 Å². The Kier molecular flexibility index (Phi) is 7.11. The number of nitrogens with one attached hydrogen (secondary N) is 2. The minimum atomic E-state index is -0.544. The van der Waals surface area contributed by atoms with Gasteiger partial charge in [0.1, 0.15) is 11.4 Å². The van der Waals surface area contributed by atoms with Crippen molar-refractivity contribution in [1.82, 2.24) is 10.2 Å². The molecule has 0 amide bonds. The monoisotopic (exact) mass is 524 g/mol. The number of guanidine groups is 1. The second kappa shape index (κ2) is 10.8. The first kappa shape index (κ1) is 25.1. The molecule has 0 aliphatic carbocycles. The van der Waals surface area contributed by atoms with Gasteiger partial charge < -0.3 is 15.1 Å². The molecule has 0 aromatic heterocycles. The lowest BCUT2D eigenvalue weighted by Gasteiger charge is -2.44. The van der Waals surface area contributed by atoms with Crippen LogP contribution in [-0.4, -0.2) is 30.5 Å². The summed E-state index contributed by atoms with van der Waals surface area (Å²) < 4.78 is 0. The van der Waals surface area contributed by atoms with Gasteiger partial charge in [-0.3, -0.25) is 14.9 Å². The number of halogens is 1. The van der Waals surface area contributed by atoms with Gasteiger partial charge in [-0.25, -0.2) is 4.99 Å². The maximum atomic E-state index is 12.9. The van der Waals surface area contributed by atoms with E-state index in [1.165, 1.54) is 0 Å². The van der Waals surface area contributed by atoms with Crippen LogP contribution < -0.4 is 26.4 Å². The summed E-state index contributed by atoms with van der Waals surface area (Å²) in [6.07, 6.45) is 2.00. The molecule has 1 unspecified atom stereocenters. The number of benzene rings is 3. The highest BCUT2D eigenvalue weighted by molar-refractivity contribution is 6.30. The molecule has 1 atom stereocenters. The zero-order chi connectivity index (χ0) is 26.6. The summed E-state index contributed by atoms with van der Waals surface area (Å²) in [4.78, 5) is 34.2. The second-order valence-corrected chi connectivity index (χ2v) is 9.47. The average molecular weight is 525 g/mol. The molecule has 0 spiro atoms. The van der Waals surface area contributed by atoms with E-state index < -0.39 is 10.9 Å². The summed E-state index contributed by atoms with van der Waals surface area (Å²) in [6, 6.07) is 24.2. The highest BCUT2D eigenvalue weighted by atomic mass is 35.5. The summed E-state index contributed by atoms with van der Waals surface area (Å²) in [5.41, 5.74) is 2.99. The van der Waals surface area contributed by atoms with Gasteiger partial charge in [0, 0.05) is 30.3 Å². The Bertz CT molecular complexity index is 1590. The minimum absolute atomic E-state index is 0.262. The summed E-state index contributed by atoms with van der Waals surface area (Å²) in [6.45, 7) is 3.35. The molecule has 0 radical (unpaired) electrons. The smallest absolute Gasteiger partial charge is 0.253 e. The Morgan fingerprint density at radius 3 is 2.39 bits per heavy atom. The first-order valence-corrected chi connectivity index (χ1v) is 12.6. The highest BCUT2D eigenvalue weighted by Crippen LogP contribution is 2.34. The molecule has 4 aromatic carbocycles. The van der Waals surface area contributed by atoms with Crippen LogP contribution in [0, 0.1) is 18.4 Å². The highest BCUT2D eigenvalue weighted by Gasteiger charge is 2.36. The number of hydrogen-bond donors (Lipinski definition) is 2. The second-order valence-electron chi connectivity index (χ2n) is 9.04. The van der Waals surface area contributed by atoms with E-state index >= 15 is 0 Å². The van der Waals surface area contributed by atoms with Crippen LogP contribution in [0.5, 0.6) is 0 Å². The summed E-state index contributed by atoms with van der Waals surface area (Å²) in [5.74, 6) is 0.437. The number of hydrogen-bond acceptors (Lipinski definition) is 6. The van der Waals surface area contributed by atoms with Crippen molar-refractivity contribution in [3.63, 3.8) is 0 Å². The third-order valence-electron chi connectivity index (χ3n) is 6.66. The summed E-state index contributed by atoms with van der Waals surface area (Å²) in [5, 5.41) is 15.9. The Morgan fingerprint density at radius 1 is 0.974 bits per heavy atom. The molecule has 0 bridgehead atoms. The van der Waals surface area contributed by atoms with E-state index in [9.17, 15) is 14.9 Å². The molecule has 190 valence electrons. The van der Waals surface area contributed by atoms with Crippen molar-refractivity contribution in [2.24, 2.45) is 4.99 Å². The first-order valence-electron chi connectivity index (χ1n) is 12.2. The normalized spacial score (nSPS) is 15.8. The topological polar surface area (TPSA) is 101 Å². The molecule has 9 heteroatoms. The Hall–Kier alpha value is -4.61. The molecular formula is C29H25ClN6O2. The molecule has 1 fully saturated rings. The Balaban J connectivity index is 1.50. The molecule has 4 aromatic rings. The SMILES string of the molecule is Cc1ccccc1N=C(NC#N)N1CCN(c2c(Nc3ccc(Cl)cc3)c(=O)c2=O)C(c2ccccc2)C1. The van der Waals surface area contributed by atoms with Crippen LogP contribution in [0.25, 0.3) is 0 Å². The van der Waals surface area contributed by atoms with Gasteiger partial charge in [0.25, 0.3) is 10.9 Å². The van der Waals surface area contributed by atoms with E-state index in [-0.39, 0.29) is 11.7 Å². The van der Waals surface area contributed by atoms with Gasteiger partial charge in [-0.1, -0.05) is 60.1 Å². The maximum absolute atomic E-state index is 12.9. The van der Waals surface area contributed by atoms with E-state index in [2.05, 4.69) is 10.6 Å². The largest absolute Gasteiger partial charge is 0.356 e. The molecule has 2 N–H and O–H groups in total. The molecule has 38 heavy (non-hydrogen) atoms. The number of anilines is 3. The van der Waals surface area contributed by atoms with Crippen LogP contribution >= 0.6 is 11.6 Å². The predicted octanol–water partition coefficient (Wildman–Crippen LogP) is 4.61. The van der Waals surface area contributed by atoms with Crippen LogP contribution in [-0.2, 0) is 0 Å². The average Bonchev–Trinajstić information content (AvgIpc) is 2.95. The van der Waals surface area contributed by atoms with Crippen molar-refractivity contribution in [2.45, 2.75) is 13.0 Å². The number of aliphatic imine (C=N–C) groups is 1. The number of nitriles is 1.